The first kappa shape index (κ1) is 7.63. The van der Waals surface area contributed by atoms with Crippen LogP contribution in [0.25, 0.3) is 11.1 Å². The molecule has 0 saturated carbocycles. The second kappa shape index (κ2) is 2.80. The summed E-state index contributed by atoms with van der Waals surface area (Å²) in [6.07, 6.45) is 0. The molecule has 0 saturated heterocycles. The van der Waals surface area contributed by atoms with E-state index in [4.69, 9.17) is 11.0 Å². The molecule has 0 spiro atoms. The molecule has 0 aliphatic heterocycles. The number of nitriles is 1. The van der Waals surface area contributed by atoms with Gasteiger partial charge in [-0.15, -0.1) is 0 Å². The van der Waals surface area contributed by atoms with Crippen molar-refractivity contribution in [2.45, 2.75) is 0 Å². The van der Waals surface area contributed by atoms with Crippen LogP contribution < -0.4 is 5.73 Å². The molecule has 0 aromatic heterocycles. The molecule has 62 valence electrons. The van der Waals surface area contributed by atoms with Gasteiger partial charge in [-0.3, -0.25) is 0 Å². The Morgan fingerprint density at radius 3 is 2.69 bits per heavy atom. The lowest BCUT2D eigenvalue weighted by Crippen LogP contribution is -1.83. The quantitative estimate of drug-likeness (QED) is 0.655. The van der Waals surface area contributed by atoms with Gasteiger partial charge in [0.2, 0.25) is 0 Å². The first-order valence-corrected chi connectivity index (χ1v) is 4.00. The fraction of sp³-hybridized carbons (Fsp3) is 0. The summed E-state index contributed by atoms with van der Waals surface area (Å²) in [5.74, 6) is 0. The van der Waals surface area contributed by atoms with Crippen molar-refractivity contribution in [3.63, 3.8) is 0 Å². The molecule has 0 fully saturated rings. The topological polar surface area (TPSA) is 49.8 Å². The van der Waals surface area contributed by atoms with Crippen molar-refractivity contribution >= 4 is 5.69 Å². The normalized spacial score (nSPS) is 9.77. The van der Waals surface area contributed by atoms with E-state index in [1.54, 1.807) is 0 Å². The summed E-state index contributed by atoms with van der Waals surface area (Å²) in [5.41, 5.74) is 8.75. The van der Waals surface area contributed by atoms with Crippen molar-refractivity contribution in [2.24, 2.45) is 0 Å². The number of nitrogen functional groups attached to an aromatic ring is 1. The number of fused-ring (bicyclic) bond motifs is 1. The third-order valence-corrected chi connectivity index (χ3v) is 2.05. The number of hydrogen-bond donors (Lipinski definition) is 1. The highest BCUT2D eigenvalue weighted by molar-refractivity contribution is 5.82. The largest absolute Gasteiger partial charge is 0.398 e. The number of rotatable bonds is 0. The second-order valence-corrected chi connectivity index (χ2v) is 2.87. The number of anilines is 1. The Morgan fingerprint density at radius 1 is 1.15 bits per heavy atom. The number of nitrogens with zero attached hydrogens (tertiary/aromatic N) is 1. The zero-order chi connectivity index (χ0) is 9.26. The third-order valence-electron chi connectivity index (χ3n) is 2.05. The van der Waals surface area contributed by atoms with Gasteiger partial charge in [-0.2, -0.15) is 5.26 Å². The van der Waals surface area contributed by atoms with E-state index < -0.39 is 0 Å². The smallest absolute Gasteiger partial charge is 0.102 e. The van der Waals surface area contributed by atoms with E-state index in [9.17, 15) is 0 Å². The first-order chi connectivity index (χ1) is 6.33. The molecular weight excluding hydrogens is 160 g/mol. The Kier molecular flexibility index (Phi) is 1.64. The van der Waals surface area contributed by atoms with Crippen molar-refractivity contribution < 1.29 is 0 Å². The van der Waals surface area contributed by atoms with E-state index in [1.165, 1.54) is 0 Å². The minimum atomic E-state index is 0.559. The number of hydrogen-bond acceptors (Lipinski definition) is 2. The molecule has 0 heterocycles. The molecule has 2 aliphatic carbocycles. The Labute approximate surface area is 76.6 Å². The summed E-state index contributed by atoms with van der Waals surface area (Å²) in [7, 11) is 0. The van der Waals surface area contributed by atoms with Gasteiger partial charge >= 0.3 is 0 Å². The molecule has 0 amide bonds. The lowest BCUT2D eigenvalue weighted by atomic mass is 10.1. The van der Waals surface area contributed by atoms with Gasteiger partial charge in [0, 0.05) is 5.56 Å². The summed E-state index contributed by atoms with van der Waals surface area (Å²) < 4.78 is 0. The van der Waals surface area contributed by atoms with Gasteiger partial charge in [0.1, 0.15) is 6.07 Å². The minimum Gasteiger partial charge on any atom is -0.398 e. The van der Waals surface area contributed by atoms with Crippen LogP contribution in [-0.4, -0.2) is 0 Å². The monoisotopic (exact) mass is 168 g/mol. The zero-order valence-corrected chi connectivity index (χ0v) is 6.99. The molecule has 0 aromatic rings. The highest BCUT2D eigenvalue weighted by Gasteiger charge is 2.11. The molecule has 0 aromatic carbocycles. The molecule has 2 nitrogen and oxygen atoms in total. The molecule has 2 aliphatic rings. The van der Waals surface area contributed by atoms with Crippen LogP contribution in [0.15, 0.2) is 36.4 Å². The van der Waals surface area contributed by atoms with Crippen LogP contribution >= 0.6 is 0 Å². The Balaban J connectivity index is 2.81. The highest BCUT2D eigenvalue weighted by atomic mass is 14.6. The summed E-state index contributed by atoms with van der Waals surface area (Å²) in [4.78, 5) is 0. The average molecular weight is 168 g/mol. The van der Waals surface area contributed by atoms with E-state index in [-0.39, 0.29) is 0 Å². The minimum absolute atomic E-state index is 0.559. The van der Waals surface area contributed by atoms with Gasteiger partial charge in [-0.1, -0.05) is 30.3 Å². The predicted molar refractivity (Wildman–Crippen MR) is 52.2 cm³/mol. The maximum absolute atomic E-state index is 8.86. The molecular formula is C11H8N2. The van der Waals surface area contributed by atoms with Gasteiger partial charge in [-0.05, 0) is 11.6 Å². The van der Waals surface area contributed by atoms with E-state index in [0.29, 0.717) is 11.3 Å². The molecule has 0 unspecified atom stereocenters. The zero-order valence-electron chi connectivity index (χ0n) is 6.99. The third kappa shape index (κ3) is 1.11. The fourth-order valence-corrected chi connectivity index (χ4v) is 1.43. The lowest BCUT2D eigenvalue weighted by molar-refractivity contribution is 1.51. The van der Waals surface area contributed by atoms with Crippen LogP contribution in [-0.2, 0) is 0 Å². The molecule has 0 bridgehead atoms. The molecule has 2 rings (SSSR count). The van der Waals surface area contributed by atoms with Crippen molar-refractivity contribution in [2.75, 3.05) is 5.73 Å². The second-order valence-electron chi connectivity index (χ2n) is 2.87. The first-order valence-electron chi connectivity index (χ1n) is 4.00. The van der Waals surface area contributed by atoms with Gasteiger partial charge < -0.3 is 5.73 Å². The van der Waals surface area contributed by atoms with Crippen molar-refractivity contribution in [1.29, 1.82) is 5.26 Å². The fourth-order valence-electron chi connectivity index (χ4n) is 1.43. The maximum atomic E-state index is 8.86. The Hall–Kier alpha value is -2.01. The van der Waals surface area contributed by atoms with Gasteiger partial charge in [0.05, 0.1) is 11.3 Å². The van der Waals surface area contributed by atoms with Crippen LogP contribution in [0.3, 0.4) is 0 Å². The van der Waals surface area contributed by atoms with Gasteiger partial charge in [0.25, 0.3) is 0 Å². The number of nitrogens with two attached hydrogens (primary N) is 1. The van der Waals surface area contributed by atoms with Gasteiger partial charge in [-0.25, -0.2) is 0 Å². The van der Waals surface area contributed by atoms with Gasteiger partial charge in [0.15, 0.2) is 0 Å². The SMILES string of the molecule is N#Cc1c(N)cc2cccccc1-2. The Morgan fingerprint density at radius 2 is 1.92 bits per heavy atom. The van der Waals surface area contributed by atoms with E-state index >= 15 is 0 Å². The molecule has 2 N–H and O–H groups in total. The average Bonchev–Trinajstić information content (AvgIpc) is 2.32. The predicted octanol–water partition coefficient (Wildman–Crippen LogP) is 2.25. The maximum Gasteiger partial charge on any atom is 0.102 e. The van der Waals surface area contributed by atoms with Crippen molar-refractivity contribution in [3.05, 3.63) is 42.0 Å². The van der Waals surface area contributed by atoms with E-state index in [0.717, 1.165) is 11.1 Å². The van der Waals surface area contributed by atoms with Crippen LogP contribution in [0.1, 0.15) is 5.56 Å². The lowest BCUT2D eigenvalue weighted by Gasteiger charge is -1.90. The standard InChI is InChI=1S/C11H8N2/c12-7-10-9-5-3-1-2-4-8(9)6-11(10)13/h1-6H,13H2. The summed E-state index contributed by atoms with van der Waals surface area (Å²) in [6, 6.07) is 13.6. The summed E-state index contributed by atoms with van der Waals surface area (Å²) >= 11 is 0. The highest BCUT2D eigenvalue weighted by Crippen LogP contribution is 2.31. The molecule has 2 heteroatoms. The van der Waals surface area contributed by atoms with E-state index in [2.05, 4.69) is 6.07 Å². The van der Waals surface area contributed by atoms with Crippen molar-refractivity contribution in [3.8, 4) is 17.2 Å². The molecule has 0 atom stereocenters. The van der Waals surface area contributed by atoms with Crippen LogP contribution in [0, 0.1) is 11.3 Å². The van der Waals surface area contributed by atoms with Crippen LogP contribution in [0.4, 0.5) is 5.69 Å². The van der Waals surface area contributed by atoms with Crippen LogP contribution in [0.5, 0.6) is 0 Å². The molecule has 13 heavy (non-hydrogen) atoms. The summed E-state index contributed by atoms with van der Waals surface area (Å²) in [5, 5.41) is 8.86. The Bertz CT molecular complexity index is 454. The van der Waals surface area contributed by atoms with Crippen molar-refractivity contribution in [1.82, 2.24) is 0 Å². The van der Waals surface area contributed by atoms with E-state index in [1.807, 2.05) is 36.4 Å². The molecule has 0 radical (unpaired) electrons. The van der Waals surface area contributed by atoms with Crippen LogP contribution in [0.2, 0.25) is 0 Å². The summed E-state index contributed by atoms with van der Waals surface area (Å²) in [6.45, 7) is 0.